The van der Waals surface area contributed by atoms with Gasteiger partial charge in [0.15, 0.2) is 0 Å². The molecule has 2 N–H and O–H groups in total. The summed E-state index contributed by atoms with van der Waals surface area (Å²) in [6.45, 7) is 2.51. The van der Waals surface area contributed by atoms with E-state index in [2.05, 4.69) is 4.98 Å². The van der Waals surface area contributed by atoms with E-state index in [1.54, 1.807) is 12.4 Å². The number of aromatic nitrogens is 1. The van der Waals surface area contributed by atoms with Crippen LogP contribution in [0.3, 0.4) is 0 Å². The molecule has 2 rings (SSSR count). The van der Waals surface area contributed by atoms with Gasteiger partial charge in [0, 0.05) is 24.9 Å². The normalized spacial score (nSPS) is 12.2. The highest BCUT2D eigenvalue weighted by atomic mass is 35.5. The number of hydrogen-bond donors (Lipinski definition) is 1. The molecule has 3 nitrogen and oxygen atoms in total. The molecule has 0 amide bonds. The van der Waals surface area contributed by atoms with Gasteiger partial charge in [-0.2, -0.15) is 0 Å². The Morgan fingerprint density at radius 1 is 1.26 bits per heavy atom. The standard InChI is InChI=1S/C15H17ClN2O/c1-11(17)13-2-3-15(14(16)10-13)19-9-6-12-4-7-18-8-5-12/h2-5,7-8,10-11H,6,9,17H2,1H3/t11-/m1/s1. The van der Waals surface area contributed by atoms with E-state index in [1.165, 1.54) is 5.56 Å². The van der Waals surface area contributed by atoms with Gasteiger partial charge < -0.3 is 10.5 Å². The molecule has 0 unspecified atom stereocenters. The number of halogens is 1. The minimum absolute atomic E-state index is 0.0247. The Labute approximate surface area is 118 Å². The van der Waals surface area contributed by atoms with Crippen molar-refractivity contribution in [3.63, 3.8) is 0 Å². The largest absolute Gasteiger partial charge is 0.492 e. The van der Waals surface area contributed by atoms with Crippen LogP contribution in [0.1, 0.15) is 24.1 Å². The van der Waals surface area contributed by atoms with Crippen molar-refractivity contribution in [1.82, 2.24) is 4.98 Å². The Bertz CT molecular complexity index is 529. The highest BCUT2D eigenvalue weighted by molar-refractivity contribution is 6.32. The van der Waals surface area contributed by atoms with Gasteiger partial charge in [-0.25, -0.2) is 0 Å². The van der Waals surface area contributed by atoms with Crippen LogP contribution >= 0.6 is 11.6 Å². The first-order chi connectivity index (χ1) is 9.16. The van der Waals surface area contributed by atoms with Gasteiger partial charge in [0.25, 0.3) is 0 Å². The van der Waals surface area contributed by atoms with E-state index in [-0.39, 0.29) is 6.04 Å². The van der Waals surface area contributed by atoms with Crippen LogP contribution in [0.5, 0.6) is 5.75 Å². The average molecular weight is 277 g/mol. The van der Waals surface area contributed by atoms with Gasteiger partial charge in [0.2, 0.25) is 0 Å². The zero-order valence-electron chi connectivity index (χ0n) is 10.8. The molecule has 100 valence electrons. The molecule has 0 saturated heterocycles. The van der Waals surface area contributed by atoms with Gasteiger partial charge >= 0.3 is 0 Å². The van der Waals surface area contributed by atoms with Gasteiger partial charge in [-0.1, -0.05) is 17.7 Å². The molecule has 1 aromatic heterocycles. The SMILES string of the molecule is C[C@@H](N)c1ccc(OCCc2ccncc2)c(Cl)c1. The first-order valence-corrected chi connectivity index (χ1v) is 6.61. The van der Waals surface area contributed by atoms with E-state index in [1.807, 2.05) is 37.3 Å². The molecule has 19 heavy (non-hydrogen) atoms. The summed E-state index contributed by atoms with van der Waals surface area (Å²) < 4.78 is 5.68. The maximum absolute atomic E-state index is 6.16. The third kappa shape index (κ3) is 3.94. The van der Waals surface area contributed by atoms with Crippen LogP contribution in [-0.2, 0) is 6.42 Å². The highest BCUT2D eigenvalue weighted by Crippen LogP contribution is 2.27. The number of hydrogen-bond acceptors (Lipinski definition) is 3. The molecule has 0 aliphatic rings. The zero-order valence-corrected chi connectivity index (χ0v) is 11.6. The Morgan fingerprint density at radius 3 is 2.63 bits per heavy atom. The lowest BCUT2D eigenvalue weighted by Gasteiger charge is -2.11. The summed E-state index contributed by atoms with van der Waals surface area (Å²) >= 11 is 6.16. The molecule has 0 saturated carbocycles. The van der Waals surface area contributed by atoms with Crippen molar-refractivity contribution in [2.45, 2.75) is 19.4 Å². The number of ether oxygens (including phenoxy) is 1. The Kier molecular flexibility index (Phi) is 4.77. The topological polar surface area (TPSA) is 48.1 Å². The van der Waals surface area contributed by atoms with Crippen LogP contribution in [0.15, 0.2) is 42.7 Å². The van der Waals surface area contributed by atoms with E-state index >= 15 is 0 Å². The number of pyridine rings is 1. The van der Waals surface area contributed by atoms with E-state index in [4.69, 9.17) is 22.1 Å². The lowest BCUT2D eigenvalue weighted by atomic mass is 10.1. The molecule has 0 aliphatic heterocycles. The van der Waals surface area contributed by atoms with Crippen LogP contribution in [0.25, 0.3) is 0 Å². The van der Waals surface area contributed by atoms with Gasteiger partial charge in [-0.05, 0) is 42.3 Å². The fourth-order valence-corrected chi connectivity index (χ4v) is 1.99. The second-order valence-electron chi connectivity index (χ2n) is 4.43. The van der Waals surface area contributed by atoms with Gasteiger partial charge in [0.05, 0.1) is 11.6 Å². The molecular weight excluding hydrogens is 260 g/mol. The molecular formula is C15H17ClN2O. The summed E-state index contributed by atoms with van der Waals surface area (Å²) in [5, 5.41) is 0.601. The summed E-state index contributed by atoms with van der Waals surface area (Å²) in [5.41, 5.74) is 8.00. The third-order valence-electron chi connectivity index (χ3n) is 2.88. The predicted octanol–water partition coefficient (Wildman–Crippen LogP) is 3.38. The highest BCUT2D eigenvalue weighted by Gasteiger charge is 2.05. The molecule has 0 radical (unpaired) electrons. The van der Waals surface area contributed by atoms with Crippen LogP contribution < -0.4 is 10.5 Å². The molecule has 0 bridgehead atoms. The summed E-state index contributed by atoms with van der Waals surface area (Å²) in [6, 6.07) is 9.59. The minimum atomic E-state index is -0.0247. The third-order valence-corrected chi connectivity index (χ3v) is 3.17. The van der Waals surface area contributed by atoms with Crippen molar-refractivity contribution in [2.24, 2.45) is 5.73 Å². The van der Waals surface area contributed by atoms with E-state index < -0.39 is 0 Å². The van der Waals surface area contributed by atoms with E-state index in [9.17, 15) is 0 Å². The molecule has 4 heteroatoms. The number of nitrogens with zero attached hydrogens (tertiary/aromatic N) is 1. The van der Waals surface area contributed by atoms with Crippen molar-refractivity contribution in [3.05, 3.63) is 58.9 Å². The quantitative estimate of drug-likeness (QED) is 0.911. The monoisotopic (exact) mass is 276 g/mol. The van der Waals surface area contributed by atoms with Crippen LogP contribution in [0, 0.1) is 0 Å². The summed E-state index contributed by atoms with van der Waals surface area (Å²) in [7, 11) is 0. The van der Waals surface area contributed by atoms with Crippen molar-refractivity contribution < 1.29 is 4.74 Å². The second-order valence-corrected chi connectivity index (χ2v) is 4.84. The summed E-state index contributed by atoms with van der Waals surface area (Å²) in [4.78, 5) is 3.98. The minimum Gasteiger partial charge on any atom is -0.492 e. The number of rotatable bonds is 5. The predicted molar refractivity (Wildman–Crippen MR) is 77.5 cm³/mol. The van der Waals surface area contributed by atoms with E-state index in [0.29, 0.717) is 17.4 Å². The lowest BCUT2D eigenvalue weighted by Crippen LogP contribution is -2.06. The Balaban J connectivity index is 1.93. The molecule has 0 fully saturated rings. The first-order valence-electron chi connectivity index (χ1n) is 6.23. The van der Waals surface area contributed by atoms with Crippen molar-refractivity contribution in [3.8, 4) is 5.75 Å². The number of benzene rings is 1. The van der Waals surface area contributed by atoms with E-state index in [0.717, 1.165) is 12.0 Å². The maximum Gasteiger partial charge on any atom is 0.137 e. The molecule has 0 spiro atoms. The summed E-state index contributed by atoms with van der Waals surface area (Å²) in [6.07, 6.45) is 4.38. The van der Waals surface area contributed by atoms with Gasteiger partial charge in [-0.3, -0.25) is 4.98 Å². The molecule has 2 aromatic rings. The Morgan fingerprint density at radius 2 is 2.00 bits per heavy atom. The fraction of sp³-hybridized carbons (Fsp3) is 0.267. The smallest absolute Gasteiger partial charge is 0.137 e. The maximum atomic E-state index is 6.16. The average Bonchev–Trinajstić information content (AvgIpc) is 2.41. The van der Waals surface area contributed by atoms with Crippen LogP contribution in [-0.4, -0.2) is 11.6 Å². The van der Waals surface area contributed by atoms with Crippen LogP contribution in [0.2, 0.25) is 5.02 Å². The van der Waals surface area contributed by atoms with Gasteiger partial charge in [0.1, 0.15) is 5.75 Å². The van der Waals surface area contributed by atoms with Crippen molar-refractivity contribution in [2.75, 3.05) is 6.61 Å². The summed E-state index contributed by atoms with van der Waals surface area (Å²) in [5.74, 6) is 0.695. The second kappa shape index (κ2) is 6.55. The molecule has 1 aromatic carbocycles. The number of nitrogens with two attached hydrogens (primary N) is 1. The molecule has 1 atom stereocenters. The van der Waals surface area contributed by atoms with Gasteiger partial charge in [-0.15, -0.1) is 0 Å². The van der Waals surface area contributed by atoms with Crippen molar-refractivity contribution >= 4 is 11.6 Å². The lowest BCUT2D eigenvalue weighted by molar-refractivity contribution is 0.322. The molecule has 0 aliphatic carbocycles. The zero-order chi connectivity index (χ0) is 13.7. The first kappa shape index (κ1) is 13.8. The fourth-order valence-electron chi connectivity index (χ4n) is 1.75. The van der Waals surface area contributed by atoms with Crippen LogP contribution in [0.4, 0.5) is 0 Å². The molecule has 1 heterocycles. The Hall–Kier alpha value is -1.58. The van der Waals surface area contributed by atoms with Crippen molar-refractivity contribution in [1.29, 1.82) is 0 Å².